The molecular weight excluding hydrogens is 170 g/mol. The van der Waals surface area contributed by atoms with Gasteiger partial charge in [-0.2, -0.15) is 0 Å². The van der Waals surface area contributed by atoms with Crippen LogP contribution in [-0.2, 0) is 11.3 Å². The number of rotatable bonds is 5. The molecule has 1 atom stereocenters. The largest absolute Gasteiger partial charge is 0.461 e. The Bertz CT molecular complexity index is 247. The minimum Gasteiger partial charge on any atom is -0.461 e. The molecule has 1 rings (SSSR count). The molecule has 3 N–H and O–H groups in total. The molecule has 0 unspecified atom stereocenters. The summed E-state index contributed by atoms with van der Waals surface area (Å²) in [6.07, 6.45) is -0.0875. The summed E-state index contributed by atoms with van der Waals surface area (Å²) >= 11 is 0. The fourth-order valence-electron chi connectivity index (χ4n) is 1.09. The molecule has 13 heavy (non-hydrogen) atoms. The standard InChI is InChI=1S/C9H15NO3/c1-12-6-7-2-3-9(13-7)8(11)4-5-10/h2-3,8,11H,4-6,10H2,1H3/t8-/m0/s1. The van der Waals surface area contributed by atoms with E-state index < -0.39 is 6.10 Å². The second kappa shape index (κ2) is 5.01. The van der Waals surface area contributed by atoms with E-state index in [0.29, 0.717) is 31.1 Å². The van der Waals surface area contributed by atoms with Crippen molar-refractivity contribution in [2.75, 3.05) is 13.7 Å². The van der Waals surface area contributed by atoms with E-state index in [0.717, 1.165) is 0 Å². The van der Waals surface area contributed by atoms with Crippen LogP contribution in [0.5, 0.6) is 0 Å². The first kappa shape index (κ1) is 10.2. The lowest BCUT2D eigenvalue weighted by molar-refractivity contribution is 0.127. The lowest BCUT2D eigenvalue weighted by Gasteiger charge is -2.04. The van der Waals surface area contributed by atoms with Crippen LogP contribution in [0.15, 0.2) is 16.5 Å². The Labute approximate surface area is 77.3 Å². The summed E-state index contributed by atoms with van der Waals surface area (Å²) < 4.78 is 10.2. The molecule has 0 aromatic carbocycles. The van der Waals surface area contributed by atoms with Crippen molar-refractivity contribution < 1.29 is 14.3 Å². The highest BCUT2D eigenvalue weighted by molar-refractivity contribution is 5.08. The van der Waals surface area contributed by atoms with Gasteiger partial charge in [-0.1, -0.05) is 0 Å². The van der Waals surface area contributed by atoms with Crippen LogP contribution < -0.4 is 5.73 Å². The fourth-order valence-corrected chi connectivity index (χ4v) is 1.09. The van der Waals surface area contributed by atoms with Gasteiger partial charge in [-0.3, -0.25) is 0 Å². The number of hydrogen-bond donors (Lipinski definition) is 2. The SMILES string of the molecule is COCc1ccc([C@@H](O)CCN)o1. The van der Waals surface area contributed by atoms with Crippen molar-refractivity contribution in [3.8, 4) is 0 Å². The molecular formula is C9H15NO3. The Hall–Kier alpha value is -0.840. The van der Waals surface area contributed by atoms with Crippen LogP contribution in [0.3, 0.4) is 0 Å². The van der Waals surface area contributed by atoms with Gasteiger partial charge in [0.1, 0.15) is 24.2 Å². The van der Waals surface area contributed by atoms with Crippen LogP contribution in [0.4, 0.5) is 0 Å². The molecule has 0 aliphatic rings. The number of hydrogen-bond acceptors (Lipinski definition) is 4. The molecule has 0 spiro atoms. The van der Waals surface area contributed by atoms with Gasteiger partial charge < -0.3 is 20.0 Å². The third kappa shape index (κ3) is 2.84. The quantitative estimate of drug-likeness (QED) is 0.712. The Kier molecular flexibility index (Phi) is 3.95. The molecule has 1 aromatic rings. The molecule has 0 saturated heterocycles. The average Bonchev–Trinajstić information content (AvgIpc) is 2.54. The zero-order valence-corrected chi connectivity index (χ0v) is 7.69. The van der Waals surface area contributed by atoms with Gasteiger partial charge in [0.15, 0.2) is 0 Å². The third-order valence-corrected chi connectivity index (χ3v) is 1.74. The van der Waals surface area contributed by atoms with E-state index in [-0.39, 0.29) is 0 Å². The maximum Gasteiger partial charge on any atom is 0.132 e. The maximum absolute atomic E-state index is 9.49. The minimum absolute atomic E-state index is 0.426. The van der Waals surface area contributed by atoms with Crippen molar-refractivity contribution >= 4 is 0 Å². The lowest BCUT2D eigenvalue weighted by Crippen LogP contribution is -2.05. The van der Waals surface area contributed by atoms with Gasteiger partial charge in [0.25, 0.3) is 0 Å². The summed E-state index contributed by atoms with van der Waals surface area (Å²) in [5, 5.41) is 9.49. The van der Waals surface area contributed by atoms with Gasteiger partial charge in [-0.25, -0.2) is 0 Å². The van der Waals surface area contributed by atoms with Crippen molar-refractivity contribution in [1.82, 2.24) is 0 Å². The number of furan rings is 1. The molecule has 0 bridgehead atoms. The van der Waals surface area contributed by atoms with Gasteiger partial charge in [0.05, 0.1) is 0 Å². The van der Waals surface area contributed by atoms with Crippen LogP contribution in [0, 0.1) is 0 Å². The molecule has 4 nitrogen and oxygen atoms in total. The van der Waals surface area contributed by atoms with Crippen molar-refractivity contribution in [2.24, 2.45) is 5.73 Å². The Morgan fingerprint density at radius 2 is 2.38 bits per heavy atom. The highest BCUT2D eigenvalue weighted by Crippen LogP contribution is 2.19. The monoisotopic (exact) mass is 185 g/mol. The summed E-state index contributed by atoms with van der Waals surface area (Å²) in [4.78, 5) is 0. The predicted molar refractivity (Wildman–Crippen MR) is 48.1 cm³/mol. The summed E-state index contributed by atoms with van der Waals surface area (Å²) in [5.41, 5.74) is 5.31. The molecule has 1 heterocycles. The summed E-state index contributed by atoms with van der Waals surface area (Å²) in [6, 6.07) is 3.53. The number of methoxy groups -OCH3 is 1. The van der Waals surface area contributed by atoms with Crippen molar-refractivity contribution in [3.05, 3.63) is 23.7 Å². The lowest BCUT2D eigenvalue weighted by atomic mass is 10.2. The van der Waals surface area contributed by atoms with Crippen molar-refractivity contribution in [3.63, 3.8) is 0 Å². The highest BCUT2D eigenvalue weighted by Gasteiger charge is 2.10. The molecule has 0 fully saturated rings. The maximum atomic E-state index is 9.49. The number of nitrogens with two attached hydrogens (primary N) is 1. The summed E-state index contributed by atoms with van der Waals surface area (Å²) in [6.45, 7) is 0.872. The molecule has 1 aromatic heterocycles. The molecule has 74 valence electrons. The number of aliphatic hydroxyl groups excluding tert-OH is 1. The van der Waals surface area contributed by atoms with Gasteiger partial charge >= 0.3 is 0 Å². The van der Waals surface area contributed by atoms with E-state index in [9.17, 15) is 5.11 Å². The van der Waals surface area contributed by atoms with E-state index in [1.807, 2.05) is 0 Å². The van der Waals surface area contributed by atoms with E-state index in [4.69, 9.17) is 14.9 Å². The van der Waals surface area contributed by atoms with Crippen LogP contribution in [0.1, 0.15) is 24.0 Å². The minimum atomic E-state index is -0.601. The van der Waals surface area contributed by atoms with Gasteiger partial charge in [-0.05, 0) is 25.1 Å². The van der Waals surface area contributed by atoms with Gasteiger partial charge in [0.2, 0.25) is 0 Å². The fraction of sp³-hybridized carbons (Fsp3) is 0.556. The predicted octanol–water partition coefficient (Wildman–Crippen LogP) is 0.808. The third-order valence-electron chi connectivity index (χ3n) is 1.74. The van der Waals surface area contributed by atoms with Crippen molar-refractivity contribution in [2.45, 2.75) is 19.1 Å². The molecule has 4 heteroatoms. The topological polar surface area (TPSA) is 68.6 Å². The Morgan fingerprint density at radius 3 is 3.00 bits per heavy atom. The molecule has 0 aliphatic carbocycles. The van der Waals surface area contributed by atoms with Crippen molar-refractivity contribution in [1.29, 1.82) is 0 Å². The molecule has 0 radical (unpaired) electrons. The first-order valence-corrected chi connectivity index (χ1v) is 4.23. The summed E-state index contributed by atoms with van der Waals surface area (Å²) in [5.74, 6) is 1.27. The van der Waals surface area contributed by atoms with Gasteiger partial charge in [-0.15, -0.1) is 0 Å². The molecule has 0 saturated carbocycles. The zero-order chi connectivity index (χ0) is 9.68. The van der Waals surface area contributed by atoms with Gasteiger partial charge in [0, 0.05) is 7.11 Å². The van der Waals surface area contributed by atoms with Crippen LogP contribution in [0.2, 0.25) is 0 Å². The first-order chi connectivity index (χ1) is 6.27. The smallest absolute Gasteiger partial charge is 0.132 e. The molecule has 0 aliphatic heterocycles. The first-order valence-electron chi connectivity index (χ1n) is 4.23. The number of aliphatic hydroxyl groups is 1. The summed E-state index contributed by atoms with van der Waals surface area (Å²) in [7, 11) is 1.60. The van der Waals surface area contributed by atoms with E-state index >= 15 is 0 Å². The zero-order valence-electron chi connectivity index (χ0n) is 7.69. The van der Waals surface area contributed by atoms with Crippen LogP contribution >= 0.6 is 0 Å². The number of ether oxygens (including phenoxy) is 1. The van der Waals surface area contributed by atoms with Crippen LogP contribution in [-0.4, -0.2) is 18.8 Å². The normalized spacial score (nSPS) is 13.2. The second-order valence-corrected chi connectivity index (χ2v) is 2.83. The Morgan fingerprint density at radius 1 is 1.62 bits per heavy atom. The second-order valence-electron chi connectivity index (χ2n) is 2.83. The van der Waals surface area contributed by atoms with E-state index in [2.05, 4.69) is 0 Å². The average molecular weight is 185 g/mol. The Balaban J connectivity index is 2.56. The molecule has 0 amide bonds. The van der Waals surface area contributed by atoms with Crippen LogP contribution in [0.25, 0.3) is 0 Å². The highest BCUT2D eigenvalue weighted by atomic mass is 16.5. The van der Waals surface area contributed by atoms with E-state index in [1.165, 1.54) is 0 Å². The van der Waals surface area contributed by atoms with E-state index in [1.54, 1.807) is 19.2 Å².